The fourth-order valence-electron chi connectivity index (χ4n) is 1.62. The number of carbonyl (C=O) groups is 2. The van der Waals surface area contributed by atoms with Gasteiger partial charge in [-0.15, -0.1) is 11.8 Å². The quantitative estimate of drug-likeness (QED) is 0.679. The topological polar surface area (TPSA) is 68.3 Å². The number of thioether (sulfide) groups is 1. The minimum Gasteiger partial charge on any atom is -0.465 e. The molecule has 1 N–H and O–H groups in total. The molecule has 0 fully saturated rings. The van der Waals surface area contributed by atoms with Crippen LogP contribution in [-0.4, -0.2) is 29.7 Å². The van der Waals surface area contributed by atoms with Crippen LogP contribution in [0.25, 0.3) is 0 Å². The number of pyridine rings is 1. The van der Waals surface area contributed by atoms with E-state index in [1.54, 1.807) is 36.7 Å². The summed E-state index contributed by atoms with van der Waals surface area (Å²) in [5.74, 6) is -0.289. The summed E-state index contributed by atoms with van der Waals surface area (Å²) in [5, 5.41) is 2.75. The van der Waals surface area contributed by atoms with Crippen molar-refractivity contribution in [2.24, 2.45) is 0 Å². The molecule has 0 unspecified atom stereocenters. The summed E-state index contributed by atoms with van der Waals surface area (Å²) in [6, 6.07) is 10.3. The predicted molar refractivity (Wildman–Crippen MR) is 81.4 cm³/mol. The number of anilines is 1. The Labute approximate surface area is 126 Å². The van der Waals surface area contributed by atoms with Gasteiger partial charge in [0.25, 0.3) is 0 Å². The van der Waals surface area contributed by atoms with Gasteiger partial charge in [-0.05, 0) is 30.3 Å². The maximum Gasteiger partial charge on any atom is 0.337 e. The van der Waals surface area contributed by atoms with Gasteiger partial charge in [-0.25, -0.2) is 4.79 Å². The highest BCUT2D eigenvalue weighted by atomic mass is 32.2. The zero-order valence-corrected chi connectivity index (χ0v) is 12.2. The maximum absolute atomic E-state index is 11.9. The first-order chi connectivity index (χ1) is 10.2. The van der Waals surface area contributed by atoms with Crippen molar-refractivity contribution in [3.63, 3.8) is 0 Å². The van der Waals surface area contributed by atoms with Gasteiger partial charge in [-0.3, -0.25) is 9.78 Å². The first-order valence-corrected chi connectivity index (χ1v) is 7.18. The van der Waals surface area contributed by atoms with Crippen LogP contribution in [0.15, 0.2) is 53.7 Å². The number of esters is 1. The zero-order chi connectivity index (χ0) is 15.1. The first kappa shape index (κ1) is 15.1. The molecule has 2 aromatic rings. The van der Waals surface area contributed by atoms with Crippen LogP contribution in [-0.2, 0) is 9.53 Å². The minimum atomic E-state index is -0.433. The molecule has 0 radical (unpaired) electrons. The van der Waals surface area contributed by atoms with E-state index in [1.165, 1.54) is 18.9 Å². The molecule has 1 heterocycles. The second-order valence-electron chi connectivity index (χ2n) is 4.09. The number of hydrogen-bond donors (Lipinski definition) is 1. The van der Waals surface area contributed by atoms with E-state index in [4.69, 9.17) is 0 Å². The van der Waals surface area contributed by atoms with Crippen LogP contribution in [0, 0.1) is 0 Å². The van der Waals surface area contributed by atoms with Crippen molar-refractivity contribution >= 4 is 29.3 Å². The predicted octanol–water partition coefficient (Wildman–Crippen LogP) is 2.60. The van der Waals surface area contributed by atoms with Gasteiger partial charge in [0.1, 0.15) is 0 Å². The van der Waals surface area contributed by atoms with Gasteiger partial charge in [-0.2, -0.15) is 0 Å². The molecule has 108 valence electrons. The average molecular weight is 302 g/mol. The highest BCUT2D eigenvalue weighted by Gasteiger charge is 2.08. The van der Waals surface area contributed by atoms with Gasteiger partial charge >= 0.3 is 5.97 Å². The smallest absolute Gasteiger partial charge is 0.337 e. The molecule has 0 aliphatic rings. The number of rotatable bonds is 5. The van der Waals surface area contributed by atoms with Gasteiger partial charge in [-0.1, -0.05) is 6.07 Å². The van der Waals surface area contributed by atoms with Crippen molar-refractivity contribution in [1.82, 2.24) is 4.98 Å². The molecule has 1 aromatic heterocycles. The van der Waals surface area contributed by atoms with Gasteiger partial charge in [0.2, 0.25) is 5.91 Å². The van der Waals surface area contributed by atoms with Crippen LogP contribution in [0.1, 0.15) is 10.4 Å². The molecule has 1 amide bonds. The van der Waals surface area contributed by atoms with E-state index < -0.39 is 5.97 Å². The van der Waals surface area contributed by atoms with Gasteiger partial charge < -0.3 is 10.1 Å². The van der Waals surface area contributed by atoms with Crippen LogP contribution in [0.5, 0.6) is 0 Å². The highest BCUT2D eigenvalue weighted by molar-refractivity contribution is 8.00. The summed E-state index contributed by atoms with van der Waals surface area (Å²) in [5.41, 5.74) is 0.968. The molecule has 0 saturated heterocycles. The van der Waals surface area contributed by atoms with Crippen molar-refractivity contribution in [2.75, 3.05) is 18.2 Å². The summed E-state index contributed by atoms with van der Waals surface area (Å²) in [4.78, 5) is 28.2. The third-order valence-electron chi connectivity index (χ3n) is 2.59. The molecule has 0 spiro atoms. The fourth-order valence-corrected chi connectivity index (χ4v) is 2.31. The molecule has 21 heavy (non-hydrogen) atoms. The second kappa shape index (κ2) is 7.44. The van der Waals surface area contributed by atoms with E-state index >= 15 is 0 Å². The van der Waals surface area contributed by atoms with E-state index in [0.29, 0.717) is 11.3 Å². The average Bonchev–Trinajstić information content (AvgIpc) is 2.53. The number of amides is 1. The fraction of sp³-hybridized carbons (Fsp3) is 0.133. The Morgan fingerprint density at radius 1 is 1.24 bits per heavy atom. The number of benzene rings is 1. The Morgan fingerprint density at radius 2 is 2.00 bits per heavy atom. The van der Waals surface area contributed by atoms with Crippen molar-refractivity contribution in [3.05, 3.63) is 54.4 Å². The zero-order valence-electron chi connectivity index (χ0n) is 11.4. The number of carbonyl (C=O) groups excluding carboxylic acids is 2. The number of nitrogens with one attached hydrogen (secondary N) is 1. The Kier molecular flexibility index (Phi) is 5.34. The molecule has 2 rings (SSSR count). The number of nitrogens with zero attached hydrogens (tertiary/aromatic N) is 1. The standard InChI is InChI=1S/C15H14N2O3S/c1-20-15(19)11-3-2-4-12(9-11)17-14(18)10-21-13-5-7-16-8-6-13/h2-9H,10H2,1H3,(H,17,18). The lowest BCUT2D eigenvalue weighted by molar-refractivity contribution is -0.113. The minimum absolute atomic E-state index is 0.140. The third kappa shape index (κ3) is 4.61. The lowest BCUT2D eigenvalue weighted by Gasteiger charge is -2.06. The molecule has 0 atom stereocenters. The lowest BCUT2D eigenvalue weighted by Crippen LogP contribution is -2.14. The Morgan fingerprint density at radius 3 is 2.71 bits per heavy atom. The molecule has 1 aromatic carbocycles. The summed E-state index contributed by atoms with van der Waals surface area (Å²) in [6.45, 7) is 0. The largest absolute Gasteiger partial charge is 0.465 e. The van der Waals surface area contributed by atoms with Crippen LogP contribution in [0.2, 0.25) is 0 Å². The first-order valence-electron chi connectivity index (χ1n) is 6.20. The van der Waals surface area contributed by atoms with E-state index in [9.17, 15) is 9.59 Å². The van der Waals surface area contributed by atoms with Crippen molar-refractivity contribution in [1.29, 1.82) is 0 Å². The monoisotopic (exact) mass is 302 g/mol. The number of hydrogen-bond acceptors (Lipinski definition) is 5. The van der Waals surface area contributed by atoms with Gasteiger partial charge in [0.15, 0.2) is 0 Å². The second-order valence-corrected chi connectivity index (χ2v) is 5.14. The summed E-state index contributed by atoms with van der Waals surface area (Å²) in [6.07, 6.45) is 3.36. The number of aromatic nitrogens is 1. The maximum atomic E-state index is 11.9. The van der Waals surface area contributed by atoms with Gasteiger partial charge in [0.05, 0.1) is 18.4 Å². The highest BCUT2D eigenvalue weighted by Crippen LogP contribution is 2.17. The Hall–Kier alpha value is -2.34. The van der Waals surface area contributed by atoms with Crippen molar-refractivity contribution < 1.29 is 14.3 Å². The molecule has 6 heteroatoms. The normalized spacial score (nSPS) is 9.95. The van der Waals surface area contributed by atoms with E-state index in [2.05, 4.69) is 15.0 Å². The van der Waals surface area contributed by atoms with Crippen LogP contribution < -0.4 is 5.32 Å². The molecule has 0 aliphatic heterocycles. The molecule has 5 nitrogen and oxygen atoms in total. The van der Waals surface area contributed by atoms with E-state index in [-0.39, 0.29) is 11.7 Å². The number of methoxy groups -OCH3 is 1. The molecular weight excluding hydrogens is 288 g/mol. The number of ether oxygens (including phenoxy) is 1. The summed E-state index contributed by atoms with van der Waals surface area (Å²) < 4.78 is 4.64. The molecular formula is C15H14N2O3S. The third-order valence-corrected chi connectivity index (χ3v) is 3.60. The van der Waals surface area contributed by atoms with Gasteiger partial charge in [0, 0.05) is 23.0 Å². The Balaban J connectivity index is 1.92. The molecule has 0 aliphatic carbocycles. The van der Waals surface area contributed by atoms with Crippen molar-refractivity contribution in [3.8, 4) is 0 Å². The lowest BCUT2D eigenvalue weighted by atomic mass is 10.2. The van der Waals surface area contributed by atoms with Crippen LogP contribution in [0.3, 0.4) is 0 Å². The molecule has 0 saturated carbocycles. The van der Waals surface area contributed by atoms with Crippen molar-refractivity contribution in [2.45, 2.75) is 4.90 Å². The van der Waals surface area contributed by atoms with Crippen LogP contribution >= 0.6 is 11.8 Å². The molecule has 0 bridgehead atoms. The Bertz CT molecular complexity index is 632. The summed E-state index contributed by atoms with van der Waals surface area (Å²) in [7, 11) is 1.32. The van der Waals surface area contributed by atoms with E-state index in [0.717, 1.165) is 4.90 Å². The van der Waals surface area contributed by atoms with E-state index in [1.807, 2.05) is 12.1 Å². The summed E-state index contributed by atoms with van der Waals surface area (Å²) >= 11 is 1.42. The SMILES string of the molecule is COC(=O)c1cccc(NC(=O)CSc2ccncc2)c1. The van der Waals surface area contributed by atoms with Crippen LogP contribution in [0.4, 0.5) is 5.69 Å².